The number of allylic oxidation sites excluding steroid dienone is 2. The van der Waals surface area contributed by atoms with Gasteiger partial charge in [0.15, 0.2) is 5.65 Å². The van der Waals surface area contributed by atoms with Crippen molar-refractivity contribution in [2.24, 2.45) is 5.14 Å². The van der Waals surface area contributed by atoms with Crippen LogP contribution in [0.5, 0.6) is 0 Å². The van der Waals surface area contributed by atoms with E-state index in [0.29, 0.717) is 11.2 Å². The van der Waals surface area contributed by atoms with Gasteiger partial charge in [0.05, 0.1) is 5.57 Å². The number of carboxylic acids is 1. The first-order chi connectivity index (χ1) is 10.3. The first-order valence-corrected chi connectivity index (χ1v) is 7.68. The number of rotatable bonds is 3. The summed E-state index contributed by atoms with van der Waals surface area (Å²) in [7, 11) is -4.06. The van der Waals surface area contributed by atoms with Gasteiger partial charge >= 0.3 is 5.97 Å². The summed E-state index contributed by atoms with van der Waals surface area (Å²) >= 11 is 0. The molecule has 2 heterocycles. The molecule has 0 spiro atoms. The molecule has 2 aromatic rings. The molecule has 10 heteroatoms. The van der Waals surface area contributed by atoms with E-state index in [1.165, 1.54) is 22.9 Å². The third kappa shape index (κ3) is 2.23. The molecule has 3 rings (SSSR count). The summed E-state index contributed by atoms with van der Waals surface area (Å²) in [5, 5.41) is 17.0. The molecular formula is C12H11N5O4S. The van der Waals surface area contributed by atoms with Crippen molar-refractivity contribution in [3.05, 3.63) is 41.6 Å². The fourth-order valence-electron chi connectivity index (χ4n) is 2.34. The fraction of sp³-hybridized carbons (Fsp3) is 0.0833. The lowest BCUT2D eigenvalue weighted by molar-refractivity contribution is -0.132. The zero-order valence-electron chi connectivity index (χ0n) is 11.0. The first kappa shape index (κ1) is 14.2. The fourth-order valence-corrected chi connectivity index (χ4v) is 3.20. The number of carbonyl (C=O) groups is 1. The number of nitrogen functional groups attached to an aromatic ring is 1. The Hall–Kier alpha value is -2.72. The van der Waals surface area contributed by atoms with E-state index in [4.69, 9.17) is 10.9 Å². The van der Waals surface area contributed by atoms with Crippen LogP contribution in [0.3, 0.4) is 0 Å². The molecule has 0 radical (unpaired) electrons. The van der Waals surface area contributed by atoms with Crippen LogP contribution in [0.15, 0.2) is 36.1 Å². The molecule has 0 bridgehead atoms. The lowest BCUT2D eigenvalue weighted by Gasteiger charge is -2.10. The van der Waals surface area contributed by atoms with Gasteiger partial charge in [-0.2, -0.15) is 4.98 Å². The second kappa shape index (κ2) is 4.64. The number of aromatic nitrogens is 3. The molecule has 0 saturated carbocycles. The van der Waals surface area contributed by atoms with E-state index < -0.39 is 21.2 Å². The molecule has 0 fully saturated rings. The van der Waals surface area contributed by atoms with Crippen molar-refractivity contribution in [1.82, 2.24) is 14.6 Å². The maximum Gasteiger partial charge on any atom is 0.333 e. The number of fused-ring (bicyclic) bond motifs is 1. The predicted molar refractivity (Wildman–Crippen MR) is 78.0 cm³/mol. The number of carboxylic acid groups (broad SMARTS) is 1. The zero-order chi connectivity index (χ0) is 16.1. The van der Waals surface area contributed by atoms with Gasteiger partial charge in [-0.25, -0.2) is 22.9 Å². The van der Waals surface area contributed by atoms with Crippen molar-refractivity contribution in [2.45, 2.75) is 5.25 Å². The van der Waals surface area contributed by atoms with E-state index in [-0.39, 0.29) is 17.1 Å². The summed E-state index contributed by atoms with van der Waals surface area (Å²) in [6, 6.07) is 3.21. The molecule has 1 unspecified atom stereocenters. The summed E-state index contributed by atoms with van der Waals surface area (Å²) in [4.78, 5) is 15.4. The van der Waals surface area contributed by atoms with E-state index in [9.17, 15) is 18.3 Å². The summed E-state index contributed by atoms with van der Waals surface area (Å²) in [6.07, 6.45) is 4.18. The van der Waals surface area contributed by atoms with E-state index in [1.807, 2.05) is 0 Å². The molecule has 0 aromatic carbocycles. The van der Waals surface area contributed by atoms with Crippen LogP contribution in [0.2, 0.25) is 0 Å². The predicted octanol–water partition coefficient (Wildman–Crippen LogP) is -0.623. The molecule has 114 valence electrons. The molecule has 0 saturated heterocycles. The number of primary sulfonamides is 1. The van der Waals surface area contributed by atoms with Gasteiger partial charge in [0.2, 0.25) is 16.0 Å². The molecule has 0 aliphatic heterocycles. The maximum atomic E-state index is 11.5. The highest BCUT2D eigenvalue weighted by molar-refractivity contribution is 7.90. The average Bonchev–Trinajstić information content (AvgIpc) is 2.98. The largest absolute Gasteiger partial charge is 0.478 e. The Morgan fingerprint density at radius 2 is 2.09 bits per heavy atom. The number of anilines is 1. The molecule has 0 amide bonds. The Bertz CT molecular complexity index is 957. The second-order valence-corrected chi connectivity index (χ2v) is 6.38. The van der Waals surface area contributed by atoms with Crippen LogP contribution in [0.25, 0.3) is 11.2 Å². The Kier molecular flexibility index (Phi) is 3.00. The normalized spacial score (nSPS) is 18.3. The van der Waals surface area contributed by atoms with Crippen LogP contribution in [0.1, 0.15) is 5.56 Å². The quantitative estimate of drug-likeness (QED) is 0.680. The lowest BCUT2D eigenvalue weighted by atomic mass is 10.0. The molecular weight excluding hydrogens is 310 g/mol. The van der Waals surface area contributed by atoms with Crippen LogP contribution in [-0.4, -0.2) is 39.3 Å². The average molecular weight is 321 g/mol. The van der Waals surface area contributed by atoms with Crippen molar-refractivity contribution in [3.8, 4) is 0 Å². The molecule has 9 nitrogen and oxygen atoms in total. The van der Waals surface area contributed by atoms with Crippen LogP contribution in [0.4, 0.5) is 5.95 Å². The molecule has 5 N–H and O–H groups in total. The number of nitrogens with zero attached hydrogens (tertiary/aromatic N) is 3. The molecule has 2 aromatic heterocycles. The lowest BCUT2D eigenvalue weighted by Crippen LogP contribution is -2.30. The van der Waals surface area contributed by atoms with Gasteiger partial charge in [-0.05, 0) is 17.7 Å². The summed E-state index contributed by atoms with van der Waals surface area (Å²) in [5.74, 6) is -1.27. The Morgan fingerprint density at radius 3 is 2.73 bits per heavy atom. The third-order valence-corrected chi connectivity index (χ3v) is 4.36. The zero-order valence-corrected chi connectivity index (χ0v) is 11.9. The molecule has 1 aliphatic rings. The van der Waals surface area contributed by atoms with Crippen LogP contribution < -0.4 is 10.9 Å². The van der Waals surface area contributed by atoms with Crippen LogP contribution in [-0.2, 0) is 14.8 Å². The maximum absolute atomic E-state index is 11.5. The van der Waals surface area contributed by atoms with E-state index in [0.717, 1.165) is 0 Å². The Morgan fingerprint density at radius 1 is 1.36 bits per heavy atom. The van der Waals surface area contributed by atoms with Crippen molar-refractivity contribution >= 4 is 33.2 Å². The van der Waals surface area contributed by atoms with Crippen molar-refractivity contribution in [1.29, 1.82) is 0 Å². The third-order valence-electron chi connectivity index (χ3n) is 3.26. The number of nitrogens with two attached hydrogens (primary N) is 2. The van der Waals surface area contributed by atoms with Gasteiger partial charge in [-0.1, -0.05) is 12.2 Å². The Labute approximate surface area is 124 Å². The van der Waals surface area contributed by atoms with Gasteiger partial charge in [0, 0.05) is 11.8 Å². The highest BCUT2D eigenvalue weighted by Gasteiger charge is 2.34. The van der Waals surface area contributed by atoms with Crippen LogP contribution in [0, 0.1) is 0 Å². The van der Waals surface area contributed by atoms with E-state index in [1.54, 1.807) is 12.1 Å². The smallest absolute Gasteiger partial charge is 0.333 e. The van der Waals surface area contributed by atoms with Crippen molar-refractivity contribution < 1.29 is 18.3 Å². The van der Waals surface area contributed by atoms with Gasteiger partial charge in [0.1, 0.15) is 5.25 Å². The summed E-state index contributed by atoms with van der Waals surface area (Å²) in [6.45, 7) is 0. The highest BCUT2D eigenvalue weighted by atomic mass is 32.2. The summed E-state index contributed by atoms with van der Waals surface area (Å²) in [5.41, 5.74) is 6.40. The van der Waals surface area contributed by atoms with Crippen LogP contribution >= 0.6 is 0 Å². The number of pyridine rings is 1. The van der Waals surface area contributed by atoms with E-state index >= 15 is 0 Å². The second-order valence-electron chi connectivity index (χ2n) is 4.69. The highest BCUT2D eigenvalue weighted by Crippen LogP contribution is 2.31. The van der Waals surface area contributed by atoms with Gasteiger partial charge in [-0.3, -0.25) is 0 Å². The number of aliphatic carboxylic acids is 1. The van der Waals surface area contributed by atoms with E-state index in [2.05, 4.69) is 10.1 Å². The topological polar surface area (TPSA) is 154 Å². The minimum Gasteiger partial charge on any atom is -0.478 e. The van der Waals surface area contributed by atoms with Gasteiger partial charge < -0.3 is 10.8 Å². The van der Waals surface area contributed by atoms with Gasteiger partial charge in [-0.15, -0.1) is 5.10 Å². The minimum absolute atomic E-state index is 0.0777. The number of hydrogen-bond donors (Lipinski definition) is 3. The molecule has 1 aliphatic carbocycles. The van der Waals surface area contributed by atoms with Gasteiger partial charge in [0.25, 0.3) is 0 Å². The minimum atomic E-state index is -4.06. The molecule has 22 heavy (non-hydrogen) atoms. The Balaban J connectivity index is 2.20. The standard InChI is InChI=1S/C12H11N5O4S/c13-12-15-9-4-1-6(5-17(9)16-12)7-2-3-8(22(14,20)21)10(7)11(18)19/h1-5,8H,(H2,13,16)(H,18,19)(H2,14,20,21). The SMILES string of the molecule is Nc1nc2ccc(C3=C(C(=O)O)C(S(N)(=O)=O)C=C3)cn2n1. The summed E-state index contributed by atoms with van der Waals surface area (Å²) < 4.78 is 24.4. The monoisotopic (exact) mass is 321 g/mol. The first-order valence-electron chi connectivity index (χ1n) is 6.07. The number of sulfonamides is 1. The van der Waals surface area contributed by atoms with Crippen molar-refractivity contribution in [3.63, 3.8) is 0 Å². The molecule has 1 atom stereocenters. The number of hydrogen-bond acceptors (Lipinski definition) is 6. The van der Waals surface area contributed by atoms with Crippen molar-refractivity contribution in [2.75, 3.05) is 5.73 Å².